The molecule has 0 fully saturated rings. The van der Waals surface area contributed by atoms with Gasteiger partial charge in [-0.15, -0.1) is 0 Å². The van der Waals surface area contributed by atoms with E-state index in [-0.39, 0.29) is 0 Å². The monoisotopic (exact) mass is 512 g/mol. The highest BCUT2D eigenvalue weighted by Crippen LogP contribution is 2.40. The van der Waals surface area contributed by atoms with Gasteiger partial charge < -0.3 is 9.13 Å². The smallest absolute Gasteiger partial charge is 0.0549 e. The molecule has 0 saturated carbocycles. The molecular formula is C38H28N2. The van der Waals surface area contributed by atoms with Gasteiger partial charge in [-0.25, -0.2) is 0 Å². The Morgan fingerprint density at radius 1 is 0.525 bits per heavy atom. The van der Waals surface area contributed by atoms with Crippen LogP contribution in [0.3, 0.4) is 0 Å². The first-order valence-electron chi connectivity index (χ1n) is 13.5. The van der Waals surface area contributed by atoms with Crippen LogP contribution in [0, 0.1) is 0 Å². The summed E-state index contributed by atoms with van der Waals surface area (Å²) in [4.78, 5) is 0. The Labute approximate surface area is 233 Å². The first-order valence-corrected chi connectivity index (χ1v) is 13.5. The van der Waals surface area contributed by atoms with Gasteiger partial charge in [0.15, 0.2) is 0 Å². The summed E-state index contributed by atoms with van der Waals surface area (Å²) in [5.41, 5.74) is 6.97. The normalized spacial score (nSPS) is 12.7. The van der Waals surface area contributed by atoms with Gasteiger partial charge in [0.05, 0.1) is 27.8 Å². The third-order valence-electron chi connectivity index (χ3n) is 7.65. The molecule has 0 radical (unpaired) electrons. The van der Waals surface area contributed by atoms with Gasteiger partial charge in [-0.1, -0.05) is 116 Å². The molecule has 0 atom stereocenters. The van der Waals surface area contributed by atoms with Crippen LogP contribution in [-0.4, -0.2) is 9.13 Å². The molecule has 0 aliphatic carbocycles. The second kappa shape index (κ2) is 9.76. The summed E-state index contributed by atoms with van der Waals surface area (Å²) >= 11 is 0. The van der Waals surface area contributed by atoms with E-state index in [1.54, 1.807) is 6.08 Å². The van der Waals surface area contributed by atoms with E-state index in [4.69, 9.17) is 0 Å². The highest BCUT2D eigenvalue weighted by molar-refractivity contribution is 6.20. The zero-order valence-electron chi connectivity index (χ0n) is 22.2. The Bertz CT molecular complexity index is 2190. The molecule has 0 unspecified atom stereocenters. The fourth-order valence-electron chi connectivity index (χ4n) is 5.99. The molecule has 190 valence electrons. The van der Waals surface area contributed by atoms with E-state index < -0.39 is 0 Å². The van der Waals surface area contributed by atoms with Gasteiger partial charge in [0.2, 0.25) is 0 Å². The molecule has 7 rings (SSSR count). The van der Waals surface area contributed by atoms with Gasteiger partial charge in [-0.05, 0) is 47.9 Å². The maximum Gasteiger partial charge on any atom is 0.0549 e. The van der Waals surface area contributed by atoms with Crippen LogP contribution >= 0.6 is 0 Å². The molecule has 0 bridgehead atoms. The third-order valence-corrected chi connectivity index (χ3v) is 7.65. The number of hydrogen-bond acceptors (Lipinski definition) is 0. The predicted octanol–water partition coefficient (Wildman–Crippen LogP) is 10.4. The Kier molecular flexibility index (Phi) is 5.79. The summed E-state index contributed by atoms with van der Waals surface area (Å²) in [7, 11) is 0. The fourth-order valence-corrected chi connectivity index (χ4v) is 5.99. The van der Waals surface area contributed by atoms with Crippen LogP contribution < -0.4 is 0 Å². The van der Waals surface area contributed by atoms with E-state index in [1.165, 1.54) is 54.6 Å². The number of para-hydroxylation sites is 2. The number of allylic oxidation sites excluding steroid dienone is 8. The number of aromatic nitrogens is 2. The number of hydrogen-bond donors (Lipinski definition) is 0. The van der Waals surface area contributed by atoms with Crippen LogP contribution in [0.4, 0.5) is 0 Å². The van der Waals surface area contributed by atoms with Crippen molar-refractivity contribution in [3.05, 3.63) is 159 Å². The third kappa shape index (κ3) is 3.65. The molecule has 0 N–H and O–H groups in total. The second-order valence-electron chi connectivity index (χ2n) is 9.90. The van der Waals surface area contributed by atoms with Crippen molar-refractivity contribution in [3.8, 4) is 5.69 Å². The number of nitrogens with zero attached hydrogens (tertiary/aromatic N) is 2. The van der Waals surface area contributed by atoms with Crippen molar-refractivity contribution >= 4 is 60.1 Å². The first-order chi connectivity index (χ1) is 19.8. The summed E-state index contributed by atoms with van der Waals surface area (Å²) in [6, 6.07) is 37.3. The van der Waals surface area contributed by atoms with Crippen molar-refractivity contribution in [2.24, 2.45) is 0 Å². The molecular weight excluding hydrogens is 484 g/mol. The fraction of sp³-hybridized carbons (Fsp3) is 0. The van der Waals surface area contributed by atoms with Gasteiger partial charge in [0.25, 0.3) is 0 Å². The molecule has 2 heterocycles. The van der Waals surface area contributed by atoms with E-state index >= 15 is 0 Å². The Balaban J connectivity index is 1.62. The Hall–Kier alpha value is -5.34. The number of fused-ring (bicyclic) bond motifs is 7. The van der Waals surface area contributed by atoms with Crippen molar-refractivity contribution in [2.75, 3.05) is 0 Å². The van der Waals surface area contributed by atoms with Gasteiger partial charge in [-0.3, -0.25) is 0 Å². The van der Waals surface area contributed by atoms with Crippen LogP contribution in [0.1, 0.15) is 0 Å². The lowest BCUT2D eigenvalue weighted by molar-refractivity contribution is 1.20. The van der Waals surface area contributed by atoms with Crippen LogP contribution in [0.2, 0.25) is 0 Å². The minimum absolute atomic E-state index is 1.05. The lowest BCUT2D eigenvalue weighted by atomic mass is 10.1. The summed E-state index contributed by atoms with van der Waals surface area (Å²) in [6.07, 6.45) is 13.8. The molecule has 0 aliphatic rings. The SMILES string of the molecule is C=C/C=C(/C=C\C=C\C=C)n1c2ccccc2c2cc3c(cc21)c1ccccc1n3-c1cccc2ccccc12. The molecule has 40 heavy (non-hydrogen) atoms. The van der Waals surface area contributed by atoms with Gasteiger partial charge in [0, 0.05) is 32.6 Å². The van der Waals surface area contributed by atoms with Crippen molar-refractivity contribution in [1.82, 2.24) is 9.13 Å². The van der Waals surface area contributed by atoms with E-state index in [2.05, 4.69) is 138 Å². The van der Waals surface area contributed by atoms with Crippen LogP contribution in [0.15, 0.2) is 159 Å². The van der Waals surface area contributed by atoms with Crippen LogP contribution in [0.25, 0.3) is 65.8 Å². The summed E-state index contributed by atoms with van der Waals surface area (Å²) in [6.45, 7) is 7.79. The first kappa shape index (κ1) is 23.8. The van der Waals surface area contributed by atoms with Crippen LogP contribution in [-0.2, 0) is 0 Å². The zero-order valence-corrected chi connectivity index (χ0v) is 22.2. The summed E-state index contributed by atoms with van der Waals surface area (Å²) in [5.74, 6) is 0. The largest absolute Gasteiger partial charge is 0.309 e. The standard InChI is InChI=1S/C38H28N2/c1-3-5-6-7-18-28(15-4-2)39-35-22-12-10-20-30(35)32-26-38-33(25-37(32)39)31-21-11-13-23-36(31)40(38)34-24-14-17-27-16-8-9-19-29(27)34/h3-26H,1-2H2/b6-5+,18-7-,28-15-. The topological polar surface area (TPSA) is 9.86 Å². The molecule has 0 amide bonds. The molecule has 0 saturated heterocycles. The summed E-state index contributed by atoms with van der Waals surface area (Å²) in [5, 5.41) is 7.39. The van der Waals surface area contributed by atoms with Crippen molar-refractivity contribution in [1.29, 1.82) is 0 Å². The molecule has 5 aromatic carbocycles. The number of benzene rings is 5. The van der Waals surface area contributed by atoms with Gasteiger partial charge in [-0.2, -0.15) is 0 Å². The Morgan fingerprint density at radius 3 is 1.98 bits per heavy atom. The average Bonchev–Trinajstić information content (AvgIpc) is 3.49. The van der Waals surface area contributed by atoms with Crippen LogP contribution in [0.5, 0.6) is 0 Å². The average molecular weight is 513 g/mol. The molecule has 7 aromatic rings. The highest BCUT2D eigenvalue weighted by Gasteiger charge is 2.19. The maximum atomic E-state index is 4.01. The Morgan fingerprint density at radius 2 is 1.18 bits per heavy atom. The lowest BCUT2D eigenvalue weighted by Gasteiger charge is -2.12. The van der Waals surface area contributed by atoms with Crippen molar-refractivity contribution in [2.45, 2.75) is 0 Å². The minimum Gasteiger partial charge on any atom is -0.309 e. The van der Waals surface area contributed by atoms with Crippen molar-refractivity contribution in [3.63, 3.8) is 0 Å². The second-order valence-corrected chi connectivity index (χ2v) is 9.90. The van der Waals surface area contributed by atoms with Crippen molar-refractivity contribution < 1.29 is 0 Å². The van der Waals surface area contributed by atoms with E-state index in [0.717, 1.165) is 11.2 Å². The molecule has 0 spiro atoms. The molecule has 0 aliphatic heterocycles. The quantitative estimate of drug-likeness (QED) is 0.196. The zero-order chi connectivity index (χ0) is 27.1. The predicted molar refractivity (Wildman–Crippen MR) is 174 cm³/mol. The van der Waals surface area contributed by atoms with Gasteiger partial charge in [0.1, 0.15) is 0 Å². The van der Waals surface area contributed by atoms with E-state index in [1.807, 2.05) is 24.3 Å². The van der Waals surface area contributed by atoms with E-state index in [9.17, 15) is 0 Å². The molecule has 2 aromatic heterocycles. The molecule has 2 heteroatoms. The summed E-state index contributed by atoms with van der Waals surface area (Å²) < 4.78 is 4.77. The minimum atomic E-state index is 1.05. The highest BCUT2D eigenvalue weighted by atomic mass is 15.0. The molecule has 2 nitrogen and oxygen atoms in total. The lowest BCUT2D eigenvalue weighted by Crippen LogP contribution is -1.96. The van der Waals surface area contributed by atoms with Gasteiger partial charge >= 0.3 is 0 Å². The number of rotatable bonds is 6. The maximum absolute atomic E-state index is 4.01. The van der Waals surface area contributed by atoms with E-state index in [0.29, 0.717) is 0 Å².